The van der Waals surface area contributed by atoms with Crippen molar-refractivity contribution in [1.82, 2.24) is 0 Å². The Balaban J connectivity index is 2.26. The number of benzene rings is 2. The van der Waals surface area contributed by atoms with Gasteiger partial charge in [-0.15, -0.1) is 0 Å². The average molecular weight is 431 g/mol. The van der Waals surface area contributed by atoms with E-state index in [9.17, 15) is 4.57 Å². The topological polar surface area (TPSA) is 35.5 Å². The standard InChI is InChI=1S/C26H39O3P/c1-6-7-8-9-10-15-20-28-30(27,26-19-14-12-17-24(26)22(4)5)29-25-18-13-11-16-23(25)21(2)3/h11-14,16-19,21-22H,6-10,15,20H2,1-5H3. The van der Waals surface area contributed by atoms with Crippen molar-refractivity contribution >= 4 is 12.9 Å². The highest BCUT2D eigenvalue weighted by Gasteiger charge is 2.33. The van der Waals surface area contributed by atoms with Gasteiger partial charge in [-0.1, -0.05) is 103 Å². The minimum Gasteiger partial charge on any atom is -0.421 e. The minimum atomic E-state index is -3.51. The molecule has 0 aliphatic heterocycles. The molecule has 0 aliphatic rings. The van der Waals surface area contributed by atoms with Crippen LogP contribution < -0.4 is 9.83 Å². The third-order valence-corrected chi connectivity index (χ3v) is 7.33. The summed E-state index contributed by atoms with van der Waals surface area (Å²) < 4.78 is 26.5. The number of hydrogen-bond donors (Lipinski definition) is 0. The number of rotatable bonds is 13. The molecule has 0 spiro atoms. The third-order valence-electron chi connectivity index (χ3n) is 5.37. The highest BCUT2D eigenvalue weighted by molar-refractivity contribution is 7.62. The summed E-state index contributed by atoms with van der Waals surface area (Å²) in [4.78, 5) is 0. The van der Waals surface area contributed by atoms with Gasteiger partial charge in [0.1, 0.15) is 5.75 Å². The molecule has 30 heavy (non-hydrogen) atoms. The zero-order valence-electron chi connectivity index (χ0n) is 19.4. The molecule has 3 nitrogen and oxygen atoms in total. The van der Waals surface area contributed by atoms with Gasteiger partial charge < -0.3 is 4.52 Å². The quantitative estimate of drug-likeness (QED) is 0.237. The predicted octanol–water partition coefficient (Wildman–Crippen LogP) is 8.21. The average Bonchev–Trinajstić information content (AvgIpc) is 2.73. The van der Waals surface area contributed by atoms with Gasteiger partial charge in [0, 0.05) is 0 Å². The number of para-hydroxylation sites is 1. The number of hydrogen-bond acceptors (Lipinski definition) is 3. The maximum atomic E-state index is 14.2. The van der Waals surface area contributed by atoms with E-state index in [-0.39, 0.29) is 11.8 Å². The van der Waals surface area contributed by atoms with E-state index in [0.717, 1.165) is 24.0 Å². The Morgan fingerprint density at radius 2 is 1.33 bits per heavy atom. The smallest absolute Gasteiger partial charge is 0.411 e. The van der Waals surface area contributed by atoms with Crippen molar-refractivity contribution in [2.75, 3.05) is 6.61 Å². The van der Waals surface area contributed by atoms with Crippen LogP contribution in [0.1, 0.15) is 96.1 Å². The number of unbranched alkanes of at least 4 members (excludes halogenated alkanes) is 5. The van der Waals surface area contributed by atoms with Crippen molar-refractivity contribution in [1.29, 1.82) is 0 Å². The van der Waals surface area contributed by atoms with E-state index in [2.05, 4.69) is 34.6 Å². The Hall–Kier alpha value is -1.57. The molecule has 0 fully saturated rings. The van der Waals surface area contributed by atoms with E-state index in [1.54, 1.807) is 0 Å². The molecule has 0 aromatic heterocycles. The lowest BCUT2D eigenvalue weighted by Crippen LogP contribution is -2.19. The van der Waals surface area contributed by atoms with Crippen molar-refractivity contribution in [3.05, 3.63) is 59.7 Å². The van der Waals surface area contributed by atoms with Crippen molar-refractivity contribution in [2.24, 2.45) is 0 Å². The lowest BCUT2D eigenvalue weighted by molar-refractivity contribution is 0.265. The van der Waals surface area contributed by atoms with Crippen molar-refractivity contribution in [2.45, 2.75) is 85.0 Å². The van der Waals surface area contributed by atoms with Crippen LogP contribution in [0.15, 0.2) is 48.5 Å². The van der Waals surface area contributed by atoms with Crippen molar-refractivity contribution in [3.63, 3.8) is 0 Å². The fourth-order valence-corrected chi connectivity index (χ4v) is 5.61. The molecule has 166 valence electrons. The van der Waals surface area contributed by atoms with E-state index < -0.39 is 7.60 Å². The first kappa shape index (κ1) is 24.7. The second kappa shape index (κ2) is 12.3. The highest BCUT2D eigenvalue weighted by atomic mass is 31.2. The van der Waals surface area contributed by atoms with E-state index in [4.69, 9.17) is 9.05 Å². The van der Waals surface area contributed by atoms with E-state index in [1.165, 1.54) is 25.7 Å². The molecule has 0 saturated heterocycles. The van der Waals surface area contributed by atoms with E-state index >= 15 is 0 Å². The van der Waals surface area contributed by atoms with Gasteiger partial charge in [0.2, 0.25) is 0 Å². The molecule has 0 radical (unpaired) electrons. The van der Waals surface area contributed by atoms with Gasteiger partial charge in [0.05, 0.1) is 11.9 Å². The zero-order valence-corrected chi connectivity index (χ0v) is 20.3. The molecule has 0 N–H and O–H groups in total. The SMILES string of the molecule is CCCCCCCCOP(=O)(Oc1ccccc1C(C)C)c1ccccc1C(C)C. The van der Waals surface area contributed by atoms with Crippen LogP contribution in [0.3, 0.4) is 0 Å². The first-order valence-electron chi connectivity index (χ1n) is 11.5. The molecule has 1 unspecified atom stereocenters. The van der Waals surface area contributed by atoms with Crippen LogP contribution in [-0.4, -0.2) is 6.61 Å². The van der Waals surface area contributed by atoms with Crippen LogP contribution in [0.4, 0.5) is 0 Å². The van der Waals surface area contributed by atoms with Gasteiger partial charge in [0.25, 0.3) is 0 Å². The van der Waals surface area contributed by atoms with Crippen molar-refractivity contribution in [3.8, 4) is 5.75 Å². The Bertz CT molecular complexity index is 813. The van der Waals surface area contributed by atoms with Gasteiger partial charge in [-0.2, -0.15) is 0 Å². The summed E-state index contributed by atoms with van der Waals surface area (Å²) in [6, 6.07) is 15.7. The Labute approximate surface area is 183 Å². The van der Waals surface area contributed by atoms with Crippen LogP contribution in [0.5, 0.6) is 5.75 Å². The third kappa shape index (κ3) is 7.00. The summed E-state index contributed by atoms with van der Waals surface area (Å²) in [6.07, 6.45) is 6.95. The normalized spacial score (nSPS) is 13.6. The summed E-state index contributed by atoms with van der Waals surface area (Å²) in [5.74, 6) is 1.15. The van der Waals surface area contributed by atoms with Gasteiger partial charge in [0.15, 0.2) is 0 Å². The van der Waals surface area contributed by atoms with Gasteiger partial charge >= 0.3 is 7.60 Å². The molecule has 0 amide bonds. The Morgan fingerprint density at radius 1 is 0.767 bits per heavy atom. The van der Waals surface area contributed by atoms with Crippen LogP contribution in [-0.2, 0) is 9.09 Å². The molecular weight excluding hydrogens is 391 g/mol. The maximum Gasteiger partial charge on any atom is 0.411 e. The molecule has 0 saturated carbocycles. The molecule has 0 heterocycles. The van der Waals surface area contributed by atoms with E-state index in [1.807, 2.05) is 48.5 Å². The highest BCUT2D eigenvalue weighted by Crippen LogP contribution is 2.50. The van der Waals surface area contributed by atoms with Gasteiger partial charge in [-0.25, -0.2) is 4.57 Å². The molecule has 1 atom stereocenters. The fraction of sp³-hybridized carbons (Fsp3) is 0.538. The lowest BCUT2D eigenvalue weighted by Gasteiger charge is -2.25. The molecule has 0 bridgehead atoms. The minimum absolute atomic E-state index is 0.233. The van der Waals surface area contributed by atoms with Gasteiger partial charge in [-0.3, -0.25) is 4.52 Å². The van der Waals surface area contributed by atoms with E-state index in [0.29, 0.717) is 17.7 Å². The fourth-order valence-electron chi connectivity index (χ4n) is 3.61. The molecule has 2 aromatic carbocycles. The van der Waals surface area contributed by atoms with Crippen LogP contribution in [0.2, 0.25) is 0 Å². The van der Waals surface area contributed by atoms with Crippen LogP contribution in [0.25, 0.3) is 0 Å². The largest absolute Gasteiger partial charge is 0.421 e. The second-order valence-electron chi connectivity index (χ2n) is 8.60. The summed E-state index contributed by atoms with van der Waals surface area (Å²) in [5.41, 5.74) is 2.06. The first-order chi connectivity index (χ1) is 14.4. The molecular formula is C26H39O3P. The van der Waals surface area contributed by atoms with Crippen LogP contribution >= 0.6 is 7.60 Å². The van der Waals surface area contributed by atoms with Gasteiger partial charge in [-0.05, 0) is 41.5 Å². The molecule has 2 rings (SSSR count). The summed E-state index contributed by atoms with van der Waals surface area (Å²) in [7, 11) is -3.51. The summed E-state index contributed by atoms with van der Waals surface area (Å²) in [6.45, 7) is 11.1. The molecule has 2 aromatic rings. The maximum absolute atomic E-state index is 14.2. The Kier molecular flexibility index (Phi) is 10.1. The van der Waals surface area contributed by atoms with Crippen LogP contribution in [0, 0.1) is 0 Å². The monoisotopic (exact) mass is 430 g/mol. The lowest BCUT2D eigenvalue weighted by atomic mass is 10.0. The Morgan fingerprint density at radius 3 is 2.00 bits per heavy atom. The van der Waals surface area contributed by atoms with Crippen molar-refractivity contribution < 1.29 is 13.6 Å². The molecule has 4 heteroatoms. The molecule has 0 aliphatic carbocycles. The predicted molar refractivity (Wildman–Crippen MR) is 128 cm³/mol. The summed E-state index contributed by atoms with van der Waals surface area (Å²) >= 11 is 0. The zero-order chi connectivity index (χ0) is 22.0. The summed E-state index contributed by atoms with van der Waals surface area (Å²) in [5, 5.41) is 0.685. The first-order valence-corrected chi connectivity index (χ1v) is 13.1. The second-order valence-corrected chi connectivity index (χ2v) is 10.5.